The van der Waals surface area contributed by atoms with Gasteiger partial charge in [-0.2, -0.15) is 0 Å². The summed E-state index contributed by atoms with van der Waals surface area (Å²) in [7, 11) is 0. The van der Waals surface area contributed by atoms with Crippen LogP contribution in [0.15, 0.2) is 18.3 Å². The molecule has 0 aliphatic heterocycles. The second-order valence-electron chi connectivity index (χ2n) is 3.07. The smallest absolute Gasteiger partial charge is 0.122 e. The van der Waals surface area contributed by atoms with E-state index in [9.17, 15) is 0 Å². The molecule has 1 aromatic heterocycles. The Balaban J connectivity index is 2.81. The molecule has 0 saturated heterocycles. The third-order valence-corrected chi connectivity index (χ3v) is 2.33. The Morgan fingerprint density at radius 3 is 2.73 bits per heavy atom. The number of hydrogen-bond acceptors (Lipinski definition) is 4. The molecule has 0 fully saturated rings. The van der Waals surface area contributed by atoms with Gasteiger partial charge in [0.15, 0.2) is 0 Å². The van der Waals surface area contributed by atoms with Gasteiger partial charge >= 0.3 is 0 Å². The number of aliphatic hydroxyl groups excluding tert-OH is 1. The minimum atomic E-state index is 0.130. The summed E-state index contributed by atoms with van der Waals surface area (Å²) in [6.45, 7) is 3.58. The number of hydrogen-bond donors (Lipinski definition) is 2. The molecule has 0 aromatic carbocycles. The zero-order valence-electron chi connectivity index (χ0n) is 8.68. The highest BCUT2D eigenvalue weighted by atomic mass is 32.1. The van der Waals surface area contributed by atoms with Crippen LogP contribution in [0.25, 0.3) is 0 Å². The molecule has 0 saturated carbocycles. The van der Waals surface area contributed by atoms with Gasteiger partial charge in [-0.25, -0.2) is 0 Å². The molecule has 5 heteroatoms. The van der Waals surface area contributed by atoms with Crippen molar-refractivity contribution < 1.29 is 5.11 Å². The van der Waals surface area contributed by atoms with Crippen LogP contribution in [0.2, 0.25) is 0 Å². The number of nitrogens with two attached hydrogens (primary N) is 1. The highest BCUT2D eigenvalue weighted by Gasteiger charge is 2.04. The van der Waals surface area contributed by atoms with Crippen LogP contribution in [-0.4, -0.2) is 34.8 Å². The molecular weight excluding hydrogens is 210 g/mol. The Hall–Kier alpha value is -1.20. The van der Waals surface area contributed by atoms with E-state index in [1.807, 2.05) is 17.9 Å². The van der Waals surface area contributed by atoms with Crippen LogP contribution in [0.3, 0.4) is 0 Å². The molecule has 4 nitrogen and oxygen atoms in total. The third kappa shape index (κ3) is 3.14. The van der Waals surface area contributed by atoms with Crippen molar-refractivity contribution in [2.75, 3.05) is 24.6 Å². The van der Waals surface area contributed by atoms with E-state index in [0.717, 1.165) is 12.2 Å². The van der Waals surface area contributed by atoms with Crippen molar-refractivity contribution in [1.82, 2.24) is 4.98 Å². The fourth-order valence-corrected chi connectivity index (χ4v) is 1.43. The molecule has 1 rings (SSSR count). The number of likely N-dealkylation sites (N-methyl/N-ethyl adjacent to an activating group) is 1. The van der Waals surface area contributed by atoms with Crippen molar-refractivity contribution in [3.05, 3.63) is 24.0 Å². The molecule has 0 bridgehead atoms. The highest BCUT2D eigenvalue weighted by Crippen LogP contribution is 2.12. The van der Waals surface area contributed by atoms with E-state index < -0.39 is 0 Å². The molecule has 82 valence electrons. The van der Waals surface area contributed by atoms with Gasteiger partial charge in [0.25, 0.3) is 0 Å². The molecule has 0 unspecified atom stereocenters. The highest BCUT2D eigenvalue weighted by molar-refractivity contribution is 7.80. The molecule has 1 heterocycles. The lowest BCUT2D eigenvalue weighted by molar-refractivity contribution is 0.302. The predicted octanol–water partition coefficient (Wildman–Crippen LogP) is 0.534. The topological polar surface area (TPSA) is 62.4 Å². The predicted molar refractivity (Wildman–Crippen MR) is 65.1 cm³/mol. The van der Waals surface area contributed by atoms with E-state index >= 15 is 0 Å². The van der Waals surface area contributed by atoms with Gasteiger partial charge in [0.2, 0.25) is 0 Å². The number of rotatable bonds is 5. The van der Waals surface area contributed by atoms with Gasteiger partial charge in [0.05, 0.1) is 24.2 Å². The van der Waals surface area contributed by atoms with Crippen molar-refractivity contribution in [1.29, 1.82) is 0 Å². The van der Waals surface area contributed by atoms with Crippen molar-refractivity contribution in [2.45, 2.75) is 6.92 Å². The Bertz CT molecular complexity index is 326. The number of pyridine rings is 1. The number of thiocarbonyl (C=S) groups is 1. The number of aromatic nitrogens is 1. The minimum absolute atomic E-state index is 0.130. The van der Waals surface area contributed by atoms with Crippen molar-refractivity contribution in [3.63, 3.8) is 0 Å². The van der Waals surface area contributed by atoms with Crippen LogP contribution in [0, 0.1) is 0 Å². The maximum Gasteiger partial charge on any atom is 0.122 e. The molecule has 0 spiro atoms. The molecule has 3 N–H and O–H groups in total. The van der Waals surface area contributed by atoms with Gasteiger partial charge in [-0.3, -0.25) is 4.98 Å². The number of anilines is 1. The van der Waals surface area contributed by atoms with E-state index in [1.165, 1.54) is 0 Å². The zero-order chi connectivity index (χ0) is 11.3. The summed E-state index contributed by atoms with van der Waals surface area (Å²) < 4.78 is 0. The minimum Gasteiger partial charge on any atom is -0.395 e. The fraction of sp³-hybridized carbons (Fsp3) is 0.400. The lowest BCUT2D eigenvalue weighted by Crippen LogP contribution is -2.26. The van der Waals surface area contributed by atoms with E-state index in [4.69, 9.17) is 23.1 Å². The van der Waals surface area contributed by atoms with Gasteiger partial charge in [-0.15, -0.1) is 0 Å². The van der Waals surface area contributed by atoms with Gasteiger partial charge in [0, 0.05) is 13.1 Å². The summed E-state index contributed by atoms with van der Waals surface area (Å²) in [4.78, 5) is 6.46. The molecule has 15 heavy (non-hydrogen) atoms. The standard InChI is InChI=1S/C10H15N3OS/c1-2-13(5-6-14)8-3-4-9(10(11)15)12-7-8/h3-4,7,14H,2,5-6H2,1H3,(H2,11,15). The maximum atomic E-state index is 8.87. The van der Waals surface area contributed by atoms with Crippen LogP contribution in [0.1, 0.15) is 12.6 Å². The Labute approximate surface area is 94.7 Å². The van der Waals surface area contributed by atoms with Crippen molar-refractivity contribution in [3.8, 4) is 0 Å². The second kappa shape index (κ2) is 5.63. The first-order valence-corrected chi connectivity index (χ1v) is 5.21. The largest absolute Gasteiger partial charge is 0.395 e. The SMILES string of the molecule is CCN(CCO)c1ccc(C(N)=S)nc1. The average molecular weight is 225 g/mol. The normalized spacial score (nSPS) is 10.0. The van der Waals surface area contributed by atoms with Crippen LogP contribution < -0.4 is 10.6 Å². The number of aliphatic hydroxyl groups is 1. The molecule has 0 amide bonds. The monoisotopic (exact) mass is 225 g/mol. The third-order valence-electron chi connectivity index (χ3n) is 2.12. The summed E-state index contributed by atoms with van der Waals surface area (Å²) in [6, 6.07) is 3.69. The first kappa shape index (κ1) is 11.9. The first-order chi connectivity index (χ1) is 7.19. The first-order valence-electron chi connectivity index (χ1n) is 4.80. The Morgan fingerprint density at radius 1 is 1.60 bits per heavy atom. The summed E-state index contributed by atoms with van der Waals surface area (Å²) in [6.07, 6.45) is 1.72. The fourth-order valence-electron chi connectivity index (χ4n) is 1.31. The van der Waals surface area contributed by atoms with E-state index in [-0.39, 0.29) is 6.61 Å². The second-order valence-corrected chi connectivity index (χ2v) is 3.51. The summed E-state index contributed by atoms with van der Waals surface area (Å²) >= 11 is 4.81. The molecular formula is C10H15N3OS. The molecule has 0 aliphatic carbocycles. The van der Waals surface area contributed by atoms with Gasteiger partial charge in [-0.1, -0.05) is 12.2 Å². The Morgan fingerprint density at radius 2 is 2.33 bits per heavy atom. The molecule has 0 atom stereocenters. The summed E-state index contributed by atoms with van der Waals surface area (Å²) in [5.41, 5.74) is 7.03. The summed E-state index contributed by atoms with van der Waals surface area (Å²) in [5, 5.41) is 8.87. The zero-order valence-corrected chi connectivity index (χ0v) is 9.50. The maximum absolute atomic E-state index is 8.87. The van der Waals surface area contributed by atoms with Crippen LogP contribution >= 0.6 is 12.2 Å². The van der Waals surface area contributed by atoms with Crippen LogP contribution in [0.4, 0.5) is 5.69 Å². The quantitative estimate of drug-likeness (QED) is 0.716. The Kier molecular flexibility index (Phi) is 4.45. The average Bonchev–Trinajstić information content (AvgIpc) is 2.26. The molecule has 0 radical (unpaired) electrons. The summed E-state index contributed by atoms with van der Waals surface area (Å²) in [5.74, 6) is 0. The van der Waals surface area contributed by atoms with Gasteiger partial charge in [0.1, 0.15) is 4.99 Å². The van der Waals surface area contributed by atoms with E-state index in [1.54, 1.807) is 12.3 Å². The van der Waals surface area contributed by atoms with Crippen LogP contribution in [0.5, 0.6) is 0 Å². The molecule has 0 aliphatic rings. The number of nitrogens with zero attached hydrogens (tertiary/aromatic N) is 2. The van der Waals surface area contributed by atoms with Gasteiger partial charge in [-0.05, 0) is 19.1 Å². The molecule has 1 aromatic rings. The lowest BCUT2D eigenvalue weighted by atomic mass is 10.3. The van der Waals surface area contributed by atoms with Crippen molar-refractivity contribution >= 4 is 22.9 Å². The lowest BCUT2D eigenvalue weighted by Gasteiger charge is -2.21. The van der Waals surface area contributed by atoms with E-state index in [0.29, 0.717) is 17.2 Å². The van der Waals surface area contributed by atoms with Crippen molar-refractivity contribution in [2.24, 2.45) is 5.73 Å². The van der Waals surface area contributed by atoms with Crippen LogP contribution in [-0.2, 0) is 0 Å². The van der Waals surface area contributed by atoms with E-state index in [2.05, 4.69) is 4.98 Å². The van der Waals surface area contributed by atoms with Gasteiger partial charge < -0.3 is 15.7 Å².